The Morgan fingerprint density at radius 3 is 2.72 bits per heavy atom. The average molecular weight is 393 g/mol. The number of nitrogens with two attached hydrogens (primary N) is 1. The Bertz CT molecular complexity index is 1220. The van der Waals surface area contributed by atoms with Gasteiger partial charge in [0, 0.05) is 6.20 Å². The van der Waals surface area contributed by atoms with Crippen LogP contribution in [0.4, 0.5) is 6.01 Å². The molecule has 2 aliphatic heterocycles. The standard InChI is InChI=1S/C20H19N5O4/c21-19-23-14-7-12(1-3-16(14)29-19)13-2-4-17-22-8-15(25(17)9-13)18(26)24-10-20(11-24)27-5-6-28-20/h1-4,7-9,18,26H,5-6,10-11H2,(H2,21,23). The van der Waals surface area contributed by atoms with Gasteiger partial charge in [-0.2, -0.15) is 4.98 Å². The third-order valence-electron chi connectivity index (χ3n) is 5.58. The Balaban J connectivity index is 1.34. The van der Waals surface area contributed by atoms with Crippen molar-refractivity contribution in [3.05, 3.63) is 48.4 Å². The fourth-order valence-corrected chi connectivity index (χ4v) is 4.10. The van der Waals surface area contributed by atoms with E-state index in [1.54, 1.807) is 6.20 Å². The zero-order chi connectivity index (χ0) is 19.6. The number of oxazole rings is 1. The molecule has 2 aliphatic rings. The molecule has 1 atom stereocenters. The van der Waals surface area contributed by atoms with Crippen molar-refractivity contribution in [2.75, 3.05) is 32.0 Å². The highest BCUT2D eigenvalue weighted by atomic mass is 16.7. The van der Waals surface area contributed by atoms with E-state index in [0.717, 1.165) is 16.8 Å². The molecule has 9 heteroatoms. The largest absolute Gasteiger partial charge is 0.424 e. The Hall–Kier alpha value is -2.98. The highest BCUT2D eigenvalue weighted by Crippen LogP contribution is 2.36. The molecule has 2 fully saturated rings. The number of imidazole rings is 1. The molecule has 2 saturated heterocycles. The summed E-state index contributed by atoms with van der Waals surface area (Å²) in [5, 5.41) is 10.9. The number of aromatic nitrogens is 3. The van der Waals surface area contributed by atoms with E-state index >= 15 is 0 Å². The summed E-state index contributed by atoms with van der Waals surface area (Å²) >= 11 is 0. The second-order valence-corrected chi connectivity index (χ2v) is 7.45. The summed E-state index contributed by atoms with van der Waals surface area (Å²) in [4.78, 5) is 10.5. The molecule has 0 bridgehead atoms. The molecule has 0 radical (unpaired) electrons. The number of rotatable bonds is 3. The highest BCUT2D eigenvalue weighted by Gasteiger charge is 2.50. The first kappa shape index (κ1) is 16.9. The molecule has 1 spiro atoms. The summed E-state index contributed by atoms with van der Waals surface area (Å²) in [6.45, 7) is 2.27. The van der Waals surface area contributed by atoms with Gasteiger partial charge in [-0.05, 0) is 35.4 Å². The Labute approximate surface area is 165 Å². The van der Waals surface area contributed by atoms with Crippen LogP contribution in [0, 0.1) is 0 Å². The van der Waals surface area contributed by atoms with Gasteiger partial charge in [-0.25, -0.2) is 4.98 Å². The van der Waals surface area contributed by atoms with Gasteiger partial charge in [-0.3, -0.25) is 9.30 Å². The fourth-order valence-electron chi connectivity index (χ4n) is 4.10. The van der Waals surface area contributed by atoms with Crippen LogP contribution in [0.1, 0.15) is 11.9 Å². The lowest BCUT2D eigenvalue weighted by molar-refractivity contribution is -0.267. The number of ether oxygens (including phenoxy) is 2. The number of hydrogen-bond acceptors (Lipinski definition) is 8. The molecule has 6 rings (SSSR count). The van der Waals surface area contributed by atoms with Crippen molar-refractivity contribution in [2.45, 2.75) is 12.0 Å². The zero-order valence-electron chi connectivity index (χ0n) is 15.5. The van der Waals surface area contributed by atoms with Crippen LogP contribution in [0.15, 0.2) is 47.1 Å². The topological polar surface area (TPSA) is 111 Å². The third-order valence-corrected chi connectivity index (χ3v) is 5.58. The number of aliphatic hydroxyl groups is 1. The van der Waals surface area contributed by atoms with Gasteiger partial charge in [-0.1, -0.05) is 6.07 Å². The van der Waals surface area contributed by atoms with Crippen molar-refractivity contribution in [3.8, 4) is 11.1 Å². The van der Waals surface area contributed by atoms with Gasteiger partial charge in [0.15, 0.2) is 17.6 Å². The number of likely N-dealkylation sites (tertiary alicyclic amines) is 1. The second kappa shape index (κ2) is 6.01. The Kier molecular flexibility index (Phi) is 3.51. The Morgan fingerprint density at radius 2 is 1.90 bits per heavy atom. The van der Waals surface area contributed by atoms with Gasteiger partial charge in [0.25, 0.3) is 6.01 Å². The van der Waals surface area contributed by atoms with E-state index < -0.39 is 12.0 Å². The van der Waals surface area contributed by atoms with Gasteiger partial charge >= 0.3 is 0 Å². The zero-order valence-corrected chi connectivity index (χ0v) is 15.5. The van der Waals surface area contributed by atoms with Crippen LogP contribution in [0.2, 0.25) is 0 Å². The molecule has 3 aromatic heterocycles. The van der Waals surface area contributed by atoms with Gasteiger partial charge in [0.1, 0.15) is 11.2 Å². The summed E-state index contributed by atoms with van der Waals surface area (Å²) in [6, 6.07) is 9.79. The van der Waals surface area contributed by atoms with Crippen LogP contribution >= 0.6 is 0 Å². The van der Waals surface area contributed by atoms with Crippen LogP contribution in [0.5, 0.6) is 0 Å². The van der Waals surface area contributed by atoms with E-state index in [2.05, 4.69) is 9.97 Å². The molecular formula is C20H19N5O4. The second-order valence-electron chi connectivity index (χ2n) is 7.45. The molecule has 4 aromatic rings. The van der Waals surface area contributed by atoms with E-state index in [-0.39, 0.29) is 6.01 Å². The molecule has 29 heavy (non-hydrogen) atoms. The predicted molar refractivity (Wildman–Crippen MR) is 104 cm³/mol. The van der Waals surface area contributed by atoms with Gasteiger partial charge in [0.05, 0.1) is 38.2 Å². The SMILES string of the molecule is Nc1nc2cc(-c3ccc4ncc(C(O)N5CC6(C5)OCCO6)n4c3)ccc2o1. The normalized spacial score (nSPS) is 19.9. The monoisotopic (exact) mass is 393 g/mol. The molecular weight excluding hydrogens is 374 g/mol. The maximum absolute atomic E-state index is 10.9. The molecule has 0 amide bonds. The molecule has 5 heterocycles. The van der Waals surface area contributed by atoms with Crippen molar-refractivity contribution >= 4 is 22.8 Å². The number of anilines is 1. The van der Waals surface area contributed by atoms with Crippen molar-refractivity contribution in [1.29, 1.82) is 0 Å². The quantitative estimate of drug-likeness (QED) is 0.542. The minimum atomic E-state index is -0.795. The first-order chi connectivity index (χ1) is 14.1. The highest BCUT2D eigenvalue weighted by molar-refractivity contribution is 5.81. The number of hydrogen-bond donors (Lipinski definition) is 2. The van der Waals surface area contributed by atoms with Crippen LogP contribution in [0.25, 0.3) is 27.9 Å². The first-order valence-electron chi connectivity index (χ1n) is 9.44. The molecule has 0 saturated carbocycles. The number of nitrogen functional groups attached to an aromatic ring is 1. The van der Waals surface area contributed by atoms with E-state index in [4.69, 9.17) is 19.6 Å². The lowest BCUT2D eigenvalue weighted by atomic mass is 10.1. The predicted octanol–water partition coefficient (Wildman–Crippen LogP) is 1.77. The molecule has 148 valence electrons. The Morgan fingerprint density at radius 1 is 1.10 bits per heavy atom. The number of nitrogens with zero attached hydrogens (tertiary/aromatic N) is 4. The minimum absolute atomic E-state index is 0.148. The maximum atomic E-state index is 10.9. The van der Waals surface area contributed by atoms with Gasteiger partial charge in [-0.15, -0.1) is 0 Å². The third kappa shape index (κ3) is 2.63. The smallest absolute Gasteiger partial charge is 0.292 e. The van der Waals surface area contributed by atoms with Crippen LogP contribution in [-0.2, 0) is 9.47 Å². The summed E-state index contributed by atoms with van der Waals surface area (Å²) in [5.74, 6) is -0.554. The summed E-state index contributed by atoms with van der Waals surface area (Å²) in [7, 11) is 0. The minimum Gasteiger partial charge on any atom is -0.424 e. The summed E-state index contributed by atoms with van der Waals surface area (Å²) in [6.07, 6.45) is 2.87. The van der Waals surface area contributed by atoms with E-state index in [0.29, 0.717) is 43.1 Å². The maximum Gasteiger partial charge on any atom is 0.292 e. The van der Waals surface area contributed by atoms with E-state index in [1.165, 1.54) is 0 Å². The lowest BCUT2D eigenvalue weighted by Crippen LogP contribution is -2.63. The van der Waals surface area contributed by atoms with Gasteiger partial charge in [0.2, 0.25) is 0 Å². The van der Waals surface area contributed by atoms with Gasteiger partial charge < -0.3 is 24.7 Å². The molecule has 1 aromatic carbocycles. The average Bonchev–Trinajstić information content (AvgIpc) is 3.42. The van der Waals surface area contributed by atoms with Crippen LogP contribution in [-0.4, -0.2) is 56.5 Å². The van der Waals surface area contributed by atoms with Crippen LogP contribution < -0.4 is 5.73 Å². The molecule has 0 aliphatic carbocycles. The molecule has 9 nitrogen and oxygen atoms in total. The first-order valence-corrected chi connectivity index (χ1v) is 9.44. The number of benzene rings is 1. The van der Waals surface area contributed by atoms with E-state index in [1.807, 2.05) is 45.8 Å². The van der Waals surface area contributed by atoms with E-state index in [9.17, 15) is 5.11 Å². The van der Waals surface area contributed by atoms with Crippen molar-refractivity contribution < 1.29 is 19.0 Å². The fraction of sp³-hybridized carbons (Fsp3) is 0.300. The molecule has 3 N–H and O–H groups in total. The summed E-state index contributed by atoms with van der Waals surface area (Å²) in [5.41, 5.74) is 10.4. The number of pyridine rings is 1. The number of fused-ring (bicyclic) bond motifs is 2. The van der Waals surface area contributed by atoms with Crippen molar-refractivity contribution in [1.82, 2.24) is 19.3 Å². The summed E-state index contributed by atoms with van der Waals surface area (Å²) < 4.78 is 18.6. The number of aliphatic hydroxyl groups excluding tert-OH is 1. The molecule has 1 unspecified atom stereocenters. The van der Waals surface area contributed by atoms with Crippen molar-refractivity contribution in [2.24, 2.45) is 0 Å². The van der Waals surface area contributed by atoms with Crippen LogP contribution in [0.3, 0.4) is 0 Å². The lowest BCUT2D eigenvalue weighted by Gasteiger charge is -2.47. The van der Waals surface area contributed by atoms with Crippen molar-refractivity contribution in [3.63, 3.8) is 0 Å².